The molecule has 2 aromatic carbocycles. The van der Waals surface area contributed by atoms with Gasteiger partial charge in [-0.3, -0.25) is 19.8 Å². The second-order valence-corrected chi connectivity index (χ2v) is 9.55. The van der Waals surface area contributed by atoms with Crippen LogP contribution in [0.2, 0.25) is 0 Å². The number of amides is 3. The number of ether oxygens (including phenoxy) is 1. The first-order valence-electron chi connectivity index (χ1n) is 11.7. The zero-order valence-corrected chi connectivity index (χ0v) is 21.6. The molecule has 1 unspecified atom stereocenters. The van der Waals surface area contributed by atoms with Crippen molar-refractivity contribution in [3.05, 3.63) is 93.7 Å². The van der Waals surface area contributed by atoms with Gasteiger partial charge in [-0.1, -0.05) is 72.0 Å². The molecule has 0 bridgehead atoms. The number of esters is 1. The van der Waals surface area contributed by atoms with E-state index in [1.807, 2.05) is 60.7 Å². The van der Waals surface area contributed by atoms with Crippen LogP contribution in [-0.4, -0.2) is 27.8 Å². The molecule has 1 atom stereocenters. The van der Waals surface area contributed by atoms with Crippen LogP contribution in [-0.2, 0) is 27.5 Å². The first-order valence-corrected chi connectivity index (χ1v) is 12.6. The van der Waals surface area contributed by atoms with Crippen LogP contribution in [0.3, 0.4) is 0 Å². The van der Waals surface area contributed by atoms with Crippen molar-refractivity contribution in [2.24, 2.45) is 5.73 Å². The molecule has 38 heavy (non-hydrogen) atoms. The molecule has 10 nitrogen and oxygen atoms in total. The number of nitrogens with two attached hydrogens (primary N) is 1. The number of aromatic nitrogens is 1. The number of benzene rings is 2. The monoisotopic (exact) mass is 534 g/mol. The fourth-order valence-electron chi connectivity index (χ4n) is 3.68. The molecule has 4 aromatic rings. The molecule has 0 radical (unpaired) electrons. The molecule has 0 spiro atoms. The number of aryl methyl sites for hydroxylation is 1. The molecule has 0 aliphatic rings. The van der Waals surface area contributed by atoms with Gasteiger partial charge >= 0.3 is 17.6 Å². The number of imide groups is 1. The topological polar surface area (TPSA) is 145 Å². The van der Waals surface area contributed by atoms with Gasteiger partial charge in [0.25, 0.3) is 0 Å². The second-order valence-electron chi connectivity index (χ2n) is 8.55. The summed E-state index contributed by atoms with van der Waals surface area (Å²) in [6, 6.07) is 16.6. The van der Waals surface area contributed by atoms with Gasteiger partial charge in [-0.15, -0.1) is 0 Å². The number of nitrogens with zero attached hydrogens (tertiary/aromatic N) is 2. The summed E-state index contributed by atoms with van der Waals surface area (Å²) in [5.41, 5.74) is 7.46. The van der Waals surface area contributed by atoms with E-state index in [0.29, 0.717) is 10.6 Å². The van der Waals surface area contributed by atoms with E-state index in [1.165, 1.54) is 6.92 Å². The fraction of sp³-hybridized carbons (Fsp3) is 0.222. The second kappa shape index (κ2) is 11.8. The Labute approximate surface area is 222 Å². The van der Waals surface area contributed by atoms with Gasteiger partial charge < -0.3 is 14.9 Å². The van der Waals surface area contributed by atoms with Crippen molar-refractivity contribution in [2.75, 3.05) is 5.32 Å². The van der Waals surface area contributed by atoms with Crippen LogP contribution in [0.15, 0.2) is 69.9 Å². The molecule has 2 aromatic heterocycles. The molecule has 0 saturated carbocycles. The van der Waals surface area contributed by atoms with Crippen LogP contribution in [0.4, 0.5) is 9.80 Å². The fourth-order valence-corrected chi connectivity index (χ4v) is 4.75. The third-order valence-electron chi connectivity index (χ3n) is 5.72. The molecule has 0 fully saturated rings. The number of urea groups is 1. The zero-order chi connectivity index (χ0) is 27.2. The van der Waals surface area contributed by atoms with Gasteiger partial charge in [-0.25, -0.2) is 14.6 Å². The predicted octanol–water partition coefficient (Wildman–Crippen LogP) is 4.27. The molecule has 0 aliphatic carbocycles. The highest BCUT2D eigenvalue weighted by Crippen LogP contribution is 2.33. The summed E-state index contributed by atoms with van der Waals surface area (Å²) in [4.78, 5) is 55.8. The van der Waals surface area contributed by atoms with E-state index in [9.17, 15) is 19.2 Å². The number of carbonyl (C=O) groups excluding carboxylic acids is 3. The lowest BCUT2D eigenvalue weighted by Gasteiger charge is -2.19. The number of carbonyl (C=O) groups is 3. The molecular weight excluding hydrogens is 508 g/mol. The maximum absolute atomic E-state index is 12.9. The molecular formula is C27H26N4O6S. The van der Waals surface area contributed by atoms with Gasteiger partial charge in [0.15, 0.2) is 0 Å². The van der Waals surface area contributed by atoms with E-state index in [2.05, 4.69) is 10.3 Å². The Balaban J connectivity index is 1.48. The van der Waals surface area contributed by atoms with Gasteiger partial charge in [0.1, 0.15) is 21.8 Å². The van der Waals surface area contributed by atoms with Crippen molar-refractivity contribution in [3.63, 3.8) is 0 Å². The Morgan fingerprint density at radius 3 is 2.34 bits per heavy atom. The molecule has 4 rings (SSSR count). The number of hydrogen-bond acceptors (Lipinski definition) is 9. The number of thiophene rings is 1. The molecule has 11 heteroatoms. The smallest absolute Gasteiger partial charge is 0.348 e. The highest BCUT2D eigenvalue weighted by Gasteiger charge is 2.24. The lowest BCUT2D eigenvalue weighted by molar-refractivity contribution is -0.145. The number of nitrogens with one attached hydrogen (secondary N) is 1. The average Bonchev–Trinajstić information content (AvgIpc) is 3.22. The molecule has 3 amide bonds. The number of rotatable bonds is 8. The molecule has 0 aliphatic heterocycles. The van der Waals surface area contributed by atoms with E-state index in [0.717, 1.165) is 27.4 Å². The lowest BCUT2D eigenvalue weighted by atomic mass is 10.2. The minimum absolute atomic E-state index is 0.0890. The van der Waals surface area contributed by atoms with Crippen molar-refractivity contribution in [1.82, 2.24) is 9.88 Å². The number of hydrogen-bond donors (Lipinski definition) is 2. The van der Waals surface area contributed by atoms with Gasteiger partial charge in [-0.2, -0.15) is 0 Å². The van der Waals surface area contributed by atoms with E-state index in [-0.39, 0.29) is 35.7 Å². The summed E-state index contributed by atoms with van der Waals surface area (Å²) < 4.78 is 10.6. The van der Waals surface area contributed by atoms with Crippen LogP contribution in [0.5, 0.6) is 0 Å². The van der Waals surface area contributed by atoms with Crippen LogP contribution in [0.1, 0.15) is 42.0 Å². The summed E-state index contributed by atoms with van der Waals surface area (Å²) in [7, 11) is 0. The van der Waals surface area contributed by atoms with Crippen LogP contribution in [0, 0.1) is 6.92 Å². The summed E-state index contributed by atoms with van der Waals surface area (Å²) in [6.07, 6.45) is -0.241. The molecule has 196 valence electrons. The summed E-state index contributed by atoms with van der Waals surface area (Å²) in [5.74, 6) is -1.12. The van der Waals surface area contributed by atoms with Crippen LogP contribution >= 0.6 is 11.3 Å². The molecule has 0 saturated heterocycles. The Bertz CT molecular complexity index is 1520. The Morgan fingerprint density at radius 2 is 1.71 bits per heavy atom. The highest BCUT2D eigenvalue weighted by molar-refractivity contribution is 7.22. The summed E-state index contributed by atoms with van der Waals surface area (Å²) >= 11 is 1.05. The van der Waals surface area contributed by atoms with Crippen molar-refractivity contribution in [3.8, 4) is 0 Å². The maximum atomic E-state index is 12.9. The third-order valence-corrected chi connectivity index (χ3v) is 6.82. The summed E-state index contributed by atoms with van der Waals surface area (Å²) in [5, 5.41) is 3.23. The minimum atomic E-state index is -1.00. The van der Waals surface area contributed by atoms with E-state index >= 15 is 0 Å². The predicted molar refractivity (Wildman–Crippen MR) is 142 cm³/mol. The Morgan fingerprint density at radius 1 is 1.08 bits per heavy atom. The van der Waals surface area contributed by atoms with E-state index < -0.39 is 29.6 Å². The normalized spacial score (nSPS) is 11.7. The first-order chi connectivity index (χ1) is 18.2. The van der Waals surface area contributed by atoms with Gasteiger partial charge in [0, 0.05) is 12.5 Å². The summed E-state index contributed by atoms with van der Waals surface area (Å²) in [6.45, 7) is 3.13. The molecule has 3 N–H and O–H groups in total. The standard InChI is InChI=1S/C27H26N4O6S/c1-16-22-25(38-24(16)30-27(35)31(17(2)32)14-18-9-5-3-6-10-18)29-23(37-26(22)34)20(28)13-21(33)36-15-19-11-7-4-8-12-19/h3-12,20H,13-15,28H2,1-2H3,(H,30,35). The van der Waals surface area contributed by atoms with Gasteiger partial charge in [0.2, 0.25) is 11.8 Å². The minimum Gasteiger partial charge on any atom is -0.461 e. The maximum Gasteiger partial charge on any atom is 0.348 e. The quantitative estimate of drug-likeness (QED) is 0.319. The first kappa shape index (κ1) is 26.7. The molecule has 2 heterocycles. The lowest BCUT2D eigenvalue weighted by Crippen LogP contribution is -2.37. The van der Waals surface area contributed by atoms with E-state index in [1.54, 1.807) is 6.92 Å². The SMILES string of the molecule is CC(=O)N(Cc1ccccc1)C(=O)Nc1sc2nc(C(N)CC(=O)OCc3ccccc3)oc(=O)c2c1C. The highest BCUT2D eigenvalue weighted by atomic mass is 32.1. The third kappa shape index (κ3) is 6.31. The van der Waals surface area contributed by atoms with Crippen molar-refractivity contribution >= 4 is 44.5 Å². The zero-order valence-electron chi connectivity index (χ0n) is 20.8. The average molecular weight is 535 g/mol. The Kier molecular flexibility index (Phi) is 8.29. The number of anilines is 1. The van der Waals surface area contributed by atoms with Crippen molar-refractivity contribution < 1.29 is 23.5 Å². The van der Waals surface area contributed by atoms with Crippen LogP contribution in [0.25, 0.3) is 10.2 Å². The van der Waals surface area contributed by atoms with Crippen molar-refractivity contribution in [2.45, 2.75) is 39.5 Å². The van der Waals surface area contributed by atoms with Gasteiger partial charge in [-0.05, 0) is 18.1 Å². The van der Waals surface area contributed by atoms with E-state index in [4.69, 9.17) is 14.9 Å². The van der Waals surface area contributed by atoms with Gasteiger partial charge in [0.05, 0.1) is 19.0 Å². The number of fused-ring (bicyclic) bond motifs is 1. The van der Waals surface area contributed by atoms with Crippen LogP contribution < -0.4 is 16.7 Å². The Hall–Kier alpha value is -4.35. The van der Waals surface area contributed by atoms with Crippen molar-refractivity contribution in [1.29, 1.82) is 0 Å². The largest absolute Gasteiger partial charge is 0.461 e.